The number of aliphatic hydroxyl groups excluding tert-OH is 1. The summed E-state index contributed by atoms with van der Waals surface area (Å²) in [6.07, 6.45) is -0.0186. The zero-order valence-electron chi connectivity index (χ0n) is 16.3. The van der Waals surface area contributed by atoms with Gasteiger partial charge in [-0.15, -0.1) is 0 Å². The van der Waals surface area contributed by atoms with E-state index in [9.17, 15) is 30.1 Å². The molecule has 3 aromatic carbocycles. The maximum atomic E-state index is 12.0. The number of nitro groups is 2. The fourth-order valence-electron chi connectivity index (χ4n) is 2.62. The first-order valence-electron chi connectivity index (χ1n) is 9.12. The largest absolute Gasteiger partial charge is 0.450 e. The molecule has 2 N–H and O–H groups in total. The summed E-state index contributed by atoms with van der Waals surface area (Å²) in [5.74, 6) is -0.593. The summed E-state index contributed by atoms with van der Waals surface area (Å²) in [5.41, 5.74) is 2.29. The van der Waals surface area contributed by atoms with Crippen LogP contribution in [0.2, 0.25) is 0 Å². The number of hydrazone groups is 1. The number of carbonyl (C=O) groups is 1. The maximum Gasteiger partial charge on any atom is 0.318 e. The minimum Gasteiger partial charge on any atom is -0.450 e. The molecule has 1 atom stereocenters. The number of non-ortho nitro benzene ring substituents is 1. The Morgan fingerprint density at radius 2 is 1.69 bits per heavy atom. The van der Waals surface area contributed by atoms with Crippen LogP contribution in [0.15, 0.2) is 77.9 Å². The molecule has 3 rings (SSSR count). The topological polar surface area (TPSA) is 157 Å². The molecule has 0 spiro atoms. The van der Waals surface area contributed by atoms with Crippen molar-refractivity contribution in [2.45, 2.75) is 6.10 Å². The Balaban J connectivity index is 1.64. The molecule has 0 saturated heterocycles. The van der Waals surface area contributed by atoms with Crippen molar-refractivity contribution in [1.82, 2.24) is 5.43 Å². The molecule has 162 valence electrons. The predicted molar refractivity (Wildman–Crippen MR) is 113 cm³/mol. The average molecular weight is 436 g/mol. The van der Waals surface area contributed by atoms with Crippen LogP contribution in [0.3, 0.4) is 0 Å². The SMILES string of the molecule is O=C(N/N=C\c1ccc(Oc2ccc([N+](=O)[O-])cc2[N+](=O)[O-])cc1)[C@@H](O)c1ccccc1. The molecule has 0 aromatic heterocycles. The smallest absolute Gasteiger partial charge is 0.318 e. The molecule has 0 fully saturated rings. The molecule has 0 aliphatic carbocycles. The first-order valence-corrected chi connectivity index (χ1v) is 9.12. The summed E-state index contributed by atoms with van der Waals surface area (Å²) >= 11 is 0. The third-order valence-electron chi connectivity index (χ3n) is 4.21. The number of nitrogens with one attached hydrogen (secondary N) is 1. The van der Waals surface area contributed by atoms with Crippen molar-refractivity contribution in [3.8, 4) is 11.5 Å². The molecule has 0 radical (unpaired) electrons. The second-order valence-electron chi connectivity index (χ2n) is 6.38. The van der Waals surface area contributed by atoms with E-state index in [1.807, 2.05) is 0 Å². The van der Waals surface area contributed by atoms with E-state index < -0.39 is 33.2 Å². The summed E-state index contributed by atoms with van der Waals surface area (Å²) < 4.78 is 5.47. The Kier molecular flexibility index (Phi) is 6.83. The average Bonchev–Trinajstić information content (AvgIpc) is 2.80. The standard InChI is InChI=1S/C21H16N4O7/c26-20(15-4-2-1-3-5-15)21(27)23-22-13-14-6-9-17(10-7-14)32-19-11-8-16(24(28)29)12-18(19)25(30)31/h1-13,20,26H,(H,23,27)/b22-13-/t20-/m0/s1. The fraction of sp³-hybridized carbons (Fsp3) is 0.0476. The Bertz CT molecular complexity index is 1160. The summed E-state index contributed by atoms with van der Waals surface area (Å²) in [7, 11) is 0. The molecule has 1 amide bonds. The molecule has 3 aromatic rings. The van der Waals surface area contributed by atoms with E-state index in [0.717, 1.165) is 18.2 Å². The quantitative estimate of drug-likeness (QED) is 0.311. The molecule has 32 heavy (non-hydrogen) atoms. The molecular formula is C21H16N4O7. The highest BCUT2D eigenvalue weighted by atomic mass is 16.6. The van der Waals surface area contributed by atoms with Crippen molar-refractivity contribution in [1.29, 1.82) is 0 Å². The van der Waals surface area contributed by atoms with E-state index in [1.165, 1.54) is 18.3 Å². The van der Waals surface area contributed by atoms with E-state index in [0.29, 0.717) is 11.1 Å². The molecule has 0 bridgehead atoms. The lowest BCUT2D eigenvalue weighted by Crippen LogP contribution is -2.25. The van der Waals surface area contributed by atoms with E-state index in [-0.39, 0.29) is 11.5 Å². The van der Waals surface area contributed by atoms with Crippen LogP contribution in [0.5, 0.6) is 11.5 Å². The van der Waals surface area contributed by atoms with Gasteiger partial charge in [-0.1, -0.05) is 30.3 Å². The number of benzene rings is 3. The maximum absolute atomic E-state index is 12.0. The van der Waals surface area contributed by atoms with Crippen molar-refractivity contribution in [2.75, 3.05) is 0 Å². The molecule has 0 saturated carbocycles. The number of nitro benzene ring substituents is 2. The summed E-state index contributed by atoms with van der Waals surface area (Å²) in [6, 6.07) is 17.6. The van der Waals surface area contributed by atoms with Crippen LogP contribution in [0.25, 0.3) is 0 Å². The normalized spacial score (nSPS) is 11.7. The first kappa shape index (κ1) is 22.1. The van der Waals surface area contributed by atoms with Gasteiger partial charge in [0.05, 0.1) is 22.1 Å². The van der Waals surface area contributed by atoms with Crippen LogP contribution in [0, 0.1) is 20.2 Å². The number of carbonyl (C=O) groups excluding carboxylic acids is 1. The van der Waals surface area contributed by atoms with Crippen molar-refractivity contribution in [3.05, 3.63) is 104 Å². The van der Waals surface area contributed by atoms with Gasteiger partial charge in [-0.3, -0.25) is 25.0 Å². The molecule has 11 nitrogen and oxygen atoms in total. The Morgan fingerprint density at radius 1 is 1.00 bits per heavy atom. The molecule has 0 aliphatic rings. The monoisotopic (exact) mass is 436 g/mol. The van der Waals surface area contributed by atoms with E-state index in [1.54, 1.807) is 42.5 Å². The Morgan fingerprint density at radius 3 is 2.31 bits per heavy atom. The third kappa shape index (κ3) is 5.49. The highest BCUT2D eigenvalue weighted by Gasteiger charge is 2.21. The molecule has 0 aliphatic heterocycles. The highest BCUT2D eigenvalue weighted by molar-refractivity contribution is 5.85. The number of hydrogen-bond acceptors (Lipinski definition) is 8. The Hall–Kier alpha value is -4.64. The second-order valence-corrected chi connectivity index (χ2v) is 6.38. The van der Waals surface area contributed by atoms with Crippen LogP contribution in [-0.2, 0) is 4.79 Å². The van der Waals surface area contributed by atoms with Gasteiger partial charge in [0, 0.05) is 6.07 Å². The lowest BCUT2D eigenvalue weighted by molar-refractivity contribution is -0.394. The van der Waals surface area contributed by atoms with E-state index in [2.05, 4.69) is 10.5 Å². The molecule has 0 heterocycles. The fourth-order valence-corrected chi connectivity index (χ4v) is 2.62. The van der Waals surface area contributed by atoms with Gasteiger partial charge in [-0.05, 0) is 41.5 Å². The molecular weight excluding hydrogens is 420 g/mol. The van der Waals surface area contributed by atoms with Gasteiger partial charge in [0.25, 0.3) is 11.6 Å². The van der Waals surface area contributed by atoms with Crippen LogP contribution < -0.4 is 10.2 Å². The Labute approximate surface area is 180 Å². The summed E-state index contributed by atoms with van der Waals surface area (Å²) in [5, 5.41) is 35.8. The van der Waals surface area contributed by atoms with Gasteiger partial charge >= 0.3 is 5.69 Å². The number of amides is 1. The van der Waals surface area contributed by atoms with Crippen molar-refractivity contribution >= 4 is 23.5 Å². The van der Waals surface area contributed by atoms with Gasteiger partial charge in [-0.2, -0.15) is 5.10 Å². The van der Waals surface area contributed by atoms with Crippen molar-refractivity contribution in [2.24, 2.45) is 5.10 Å². The van der Waals surface area contributed by atoms with Crippen LogP contribution >= 0.6 is 0 Å². The van der Waals surface area contributed by atoms with Crippen LogP contribution in [0.1, 0.15) is 17.2 Å². The number of hydrogen-bond donors (Lipinski definition) is 2. The van der Waals surface area contributed by atoms with Gasteiger partial charge in [-0.25, -0.2) is 5.43 Å². The van der Waals surface area contributed by atoms with Crippen molar-refractivity contribution < 1.29 is 24.5 Å². The van der Waals surface area contributed by atoms with Gasteiger partial charge in [0.2, 0.25) is 5.75 Å². The number of aliphatic hydroxyl groups is 1. The van der Waals surface area contributed by atoms with Crippen LogP contribution in [-0.4, -0.2) is 27.1 Å². The van der Waals surface area contributed by atoms with Crippen LogP contribution in [0.4, 0.5) is 11.4 Å². The lowest BCUT2D eigenvalue weighted by Gasteiger charge is -2.08. The van der Waals surface area contributed by atoms with E-state index >= 15 is 0 Å². The second kappa shape index (κ2) is 9.91. The molecule has 0 unspecified atom stereocenters. The van der Waals surface area contributed by atoms with Gasteiger partial charge in [0.1, 0.15) is 5.75 Å². The summed E-state index contributed by atoms with van der Waals surface area (Å²) in [4.78, 5) is 32.4. The predicted octanol–water partition coefficient (Wildman–Crippen LogP) is 3.48. The first-order chi connectivity index (χ1) is 15.3. The summed E-state index contributed by atoms with van der Waals surface area (Å²) in [6.45, 7) is 0. The highest BCUT2D eigenvalue weighted by Crippen LogP contribution is 2.34. The number of ether oxygens (including phenoxy) is 1. The number of rotatable bonds is 8. The zero-order valence-corrected chi connectivity index (χ0v) is 16.3. The minimum absolute atomic E-state index is 0.149. The zero-order chi connectivity index (χ0) is 23.1. The van der Waals surface area contributed by atoms with Crippen molar-refractivity contribution in [3.63, 3.8) is 0 Å². The minimum atomic E-state index is -1.36. The number of nitrogens with zero attached hydrogens (tertiary/aromatic N) is 3. The van der Waals surface area contributed by atoms with Gasteiger partial charge < -0.3 is 9.84 Å². The van der Waals surface area contributed by atoms with E-state index in [4.69, 9.17) is 4.74 Å². The molecule has 11 heteroatoms. The van der Waals surface area contributed by atoms with Gasteiger partial charge in [0.15, 0.2) is 6.10 Å². The lowest BCUT2D eigenvalue weighted by atomic mass is 10.1. The third-order valence-corrected chi connectivity index (χ3v) is 4.21.